The first-order valence-electron chi connectivity index (χ1n) is 8.14. The molecule has 1 atom stereocenters. The molecule has 9 heteroatoms. The van der Waals surface area contributed by atoms with Crippen LogP contribution in [0.5, 0.6) is 0 Å². The van der Waals surface area contributed by atoms with Gasteiger partial charge in [0, 0.05) is 40.2 Å². The van der Waals surface area contributed by atoms with Crippen LogP contribution in [0, 0.1) is 13.8 Å². The molecule has 0 aliphatic carbocycles. The summed E-state index contributed by atoms with van der Waals surface area (Å²) in [7, 11) is -0.481. The zero-order valence-electron chi connectivity index (χ0n) is 14.7. The lowest BCUT2D eigenvalue weighted by molar-refractivity contribution is 0.0569. The Labute approximate surface area is 143 Å². The van der Waals surface area contributed by atoms with E-state index in [9.17, 15) is 13.2 Å². The highest BCUT2D eigenvalue weighted by Gasteiger charge is 2.30. The van der Waals surface area contributed by atoms with E-state index in [0.29, 0.717) is 31.1 Å². The molecule has 136 valence electrons. The zero-order valence-corrected chi connectivity index (χ0v) is 15.5. The van der Waals surface area contributed by atoms with Gasteiger partial charge in [0.1, 0.15) is 0 Å². The van der Waals surface area contributed by atoms with Gasteiger partial charge in [-0.1, -0.05) is 0 Å². The predicted octanol–water partition coefficient (Wildman–Crippen LogP) is 1.07. The van der Waals surface area contributed by atoms with E-state index >= 15 is 0 Å². The van der Waals surface area contributed by atoms with E-state index in [4.69, 9.17) is 4.42 Å². The molecule has 2 heterocycles. The first kappa shape index (κ1) is 18.9. The van der Waals surface area contributed by atoms with Crippen molar-refractivity contribution < 1.29 is 17.6 Å². The molecule has 1 aromatic heterocycles. The lowest BCUT2D eigenvalue weighted by Crippen LogP contribution is -2.46. The molecule has 0 unspecified atom stereocenters. The molecule has 0 radical (unpaired) electrons. The Balaban J connectivity index is 2.03. The molecule has 1 saturated heterocycles. The molecule has 1 aliphatic heterocycles. The maximum Gasteiger partial charge on any atom is 0.291 e. The topological polar surface area (TPSA) is 95.8 Å². The summed E-state index contributed by atoms with van der Waals surface area (Å²) in [4.78, 5) is 18.7. The van der Waals surface area contributed by atoms with Crippen LogP contribution in [0.4, 0.5) is 0 Å². The second-order valence-electron chi connectivity index (χ2n) is 6.27. The van der Waals surface area contributed by atoms with E-state index in [-0.39, 0.29) is 17.7 Å². The van der Waals surface area contributed by atoms with Crippen molar-refractivity contribution in [2.75, 3.05) is 27.2 Å². The van der Waals surface area contributed by atoms with Crippen molar-refractivity contribution in [2.45, 2.75) is 45.6 Å². The van der Waals surface area contributed by atoms with E-state index in [1.54, 1.807) is 18.7 Å². The number of aryl methyl sites for hydroxylation is 2. The molecule has 0 spiro atoms. The Morgan fingerprint density at radius 2 is 2.08 bits per heavy atom. The minimum atomic E-state index is -3.44. The predicted molar refractivity (Wildman–Crippen MR) is 89.9 cm³/mol. The number of likely N-dealkylation sites (tertiary alicyclic amines) is 1. The van der Waals surface area contributed by atoms with Crippen LogP contribution in [0.1, 0.15) is 47.8 Å². The minimum absolute atomic E-state index is 0.000850. The van der Waals surface area contributed by atoms with Crippen molar-refractivity contribution in [1.29, 1.82) is 0 Å². The second-order valence-corrected chi connectivity index (χ2v) is 8.24. The summed E-state index contributed by atoms with van der Waals surface area (Å²) in [6.07, 6.45) is 3.41. The largest absolute Gasteiger partial charge is 0.436 e. The highest BCUT2D eigenvalue weighted by Crippen LogP contribution is 2.23. The van der Waals surface area contributed by atoms with Crippen LogP contribution in [-0.2, 0) is 10.2 Å². The normalized spacial score (nSPS) is 19.0. The Bertz CT molecular complexity index is 684. The van der Waals surface area contributed by atoms with Crippen LogP contribution in [0.15, 0.2) is 4.42 Å². The van der Waals surface area contributed by atoms with Gasteiger partial charge >= 0.3 is 0 Å². The van der Waals surface area contributed by atoms with Crippen molar-refractivity contribution in [3.05, 3.63) is 17.3 Å². The van der Waals surface area contributed by atoms with Crippen LogP contribution in [-0.4, -0.2) is 61.7 Å². The van der Waals surface area contributed by atoms with Crippen LogP contribution in [0.25, 0.3) is 0 Å². The van der Waals surface area contributed by atoms with Crippen LogP contribution in [0.2, 0.25) is 0 Å². The average Bonchev–Trinajstić information content (AvgIpc) is 2.85. The number of carbonyl (C=O) groups excluding carboxylic acids is 1. The van der Waals surface area contributed by atoms with Gasteiger partial charge in [-0.15, -0.1) is 0 Å². The smallest absolute Gasteiger partial charge is 0.291 e. The number of piperidine rings is 1. The Kier molecular flexibility index (Phi) is 6.00. The number of carbonyl (C=O) groups is 1. The van der Waals surface area contributed by atoms with Gasteiger partial charge in [-0.05, 0) is 32.6 Å². The first-order chi connectivity index (χ1) is 11.2. The van der Waals surface area contributed by atoms with Crippen molar-refractivity contribution in [2.24, 2.45) is 0 Å². The van der Waals surface area contributed by atoms with Crippen molar-refractivity contribution in [3.63, 3.8) is 0 Å². The molecule has 1 fully saturated rings. The van der Waals surface area contributed by atoms with Gasteiger partial charge in [-0.3, -0.25) is 4.79 Å². The van der Waals surface area contributed by atoms with Gasteiger partial charge in [-0.2, -0.15) is 12.7 Å². The van der Waals surface area contributed by atoms with E-state index < -0.39 is 10.2 Å². The van der Waals surface area contributed by atoms with Gasteiger partial charge in [0.25, 0.3) is 16.1 Å². The third kappa shape index (κ3) is 4.34. The number of nitrogens with zero attached hydrogens (tertiary/aromatic N) is 3. The highest BCUT2D eigenvalue weighted by atomic mass is 32.2. The summed E-state index contributed by atoms with van der Waals surface area (Å²) in [6.45, 7) is 4.42. The SMILES string of the molecule is Cc1nc(C)c(C(=O)N2CCCC[C@H]2CCNS(=O)(=O)N(C)C)o1. The van der Waals surface area contributed by atoms with Crippen LogP contribution >= 0.6 is 0 Å². The third-order valence-corrected chi connectivity index (χ3v) is 5.76. The number of amides is 1. The zero-order chi connectivity index (χ0) is 17.9. The summed E-state index contributed by atoms with van der Waals surface area (Å²) in [6, 6.07) is 0.000850. The Morgan fingerprint density at radius 3 is 2.67 bits per heavy atom. The van der Waals surface area contributed by atoms with Gasteiger partial charge in [-0.25, -0.2) is 9.71 Å². The molecule has 1 aromatic rings. The van der Waals surface area contributed by atoms with E-state index in [1.165, 1.54) is 14.1 Å². The fourth-order valence-corrected chi connectivity index (χ4v) is 3.55. The molecule has 1 N–H and O–H groups in total. The number of hydrogen-bond donors (Lipinski definition) is 1. The number of aromatic nitrogens is 1. The van der Waals surface area contributed by atoms with E-state index in [0.717, 1.165) is 23.6 Å². The number of oxazole rings is 1. The van der Waals surface area contributed by atoms with Crippen LogP contribution in [0.3, 0.4) is 0 Å². The quantitative estimate of drug-likeness (QED) is 0.821. The maximum atomic E-state index is 12.8. The average molecular weight is 358 g/mol. The van der Waals surface area contributed by atoms with Crippen LogP contribution < -0.4 is 4.72 Å². The van der Waals surface area contributed by atoms with Gasteiger partial charge in [0.15, 0.2) is 5.89 Å². The maximum absolute atomic E-state index is 12.8. The molecule has 24 heavy (non-hydrogen) atoms. The van der Waals surface area contributed by atoms with Gasteiger partial charge in [0.2, 0.25) is 5.76 Å². The Morgan fingerprint density at radius 1 is 1.38 bits per heavy atom. The molecule has 0 aromatic carbocycles. The molecular weight excluding hydrogens is 332 g/mol. The lowest BCUT2D eigenvalue weighted by atomic mass is 9.99. The molecule has 8 nitrogen and oxygen atoms in total. The number of nitrogens with one attached hydrogen (secondary N) is 1. The number of rotatable bonds is 6. The molecule has 0 bridgehead atoms. The standard InChI is InChI=1S/C15H26N4O4S/c1-11-14(23-12(2)17-11)15(20)19-10-6-5-7-13(19)8-9-16-24(21,22)18(3)4/h13,16H,5-10H2,1-4H3/t13-/m0/s1. The third-order valence-electron chi connectivity index (χ3n) is 4.23. The van der Waals surface area contributed by atoms with Gasteiger partial charge in [0.05, 0.1) is 5.69 Å². The second kappa shape index (κ2) is 7.62. The lowest BCUT2D eigenvalue weighted by Gasteiger charge is -2.35. The minimum Gasteiger partial charge on any atom is -0.436 e. The molecule has 1 aliphatic rings. The fourth-order valence-electron chi connectivity index (χ4n) is 2.91. The van der Waals surface area contributed by atoms with Crippen molar-refractivity contribution in [1.82, 2.24) is 18.9 Å². The highest BCUT2D eigenvalue weighted by molar-refractivity contribution is 7.87. The van der Waals surface area contributed by atoms with E-state index in [1.807, 2.05) is 0 Å². The van der Waals surface area contributed by atoms with Crippen molar-refractivity contribution in [3.8, 4) is 0 Å². The van der Waals surface area contributed by atoms with Gasteiger partial charge < -0.3 is 9.32 Å². The summed E-state index contributed by atoms with van der Waals surface area (Å²) >= 11 is 0. The summed E-state index contributed by atoms with van der Waals surface area (Å²) in [5.74, 6) is 0.602. The summed E-state index contributed by atoms with van der Waals surface area (Å²) in [5, 5.41) is 0. The van der Waals surface area contributed by atoms with Crippen molar-refractivity contribution >= 4 is 16.1 Å². The molecule has 2 rings (SSSR count). The summed E-state index contributed by atoms with van der Waals surface area (Å²) in [5.41, 5.74) is 0.593. The monoisotopic (exact) mass is 358 g/mol. The summed E-state index contributed by atoms with van der Waals surface area (Å²) < 4.78 is 32.7. The number of hydrogen-bond acceptors (Lipinski definition) is 5. The molecule has 0 saturated carbocycles. The Hall–Kier alpha value is -1.45. The first-order valence-corrected chi connectivity index (χ1v) is 9.58. The fraction of sp³-hybridized carbons (Fsp3) is 0.733. The molecule has 1 amide bonds. The van der Waals surface area contributed by atoms with E-state index in [2.05, 4.69) is 9.71 Å². The molecular formula is C15H26N4O4S.